The van der Waals surface area contributed by atoms with Crippen molar-refractivity contribution in [3.63, 3.8) is 0 Å². The third-order valence-corrected chi connectivity index (χ3v) is 4.93. The van der Waals surface area contributed by atoms with Crippen molar-refractivity contribution in [1.29, 1.82) is 0 Å². The highest BCUT2D eigenvalue weighted by atomic mass is 16.6. The molecule has 150 valence electrons. The first kappa shape index (κ1) is 18.6. The first-order valence-electron chi connectivity index (χ1n) is 9.19. The number of aromatic nitrogens is 3. The standard InChI is InChI=1S/C16H24N4O7/c21-11(5-17-1-3-25-4-2-17)6-18-14(22)19(7-12-9-26-12)16(24)20(15(18)23)8-13-10-27-13/h11-13,21H,1-10H2. The number of epoxide rings is 2. The van der Waals surface area contributed by atoms with Gasteiger partial charge in [-0.15, -0.1) is 0 Å². The van der Waals surface area contributed by atoms with Crippen LogP contribution in [0.15, 0.2) is 14.4 Å². The molecule has 3 aliphatic rings. The minimum atomic E-state index is -0.915. The molecule has 3 atom stereocenters. The lowest BCUT2D eigenvalue weighted by Crippen LogP contribution is -2.56. The van der Waals surface area contributed by atoms with E-state index < -0.39 is 23.2 Å². The molecule has 1 N–H and O–H groups in total. The van der Waals surface area contributed by atoms with E-state index in [0.29, 0.717) is 46.1 Å². The van der Waals surface area contributed by atoms with Crippen LogP contribution in [-0.4, -0.2) is 88.1 Å². The molecule has 0 amide bonds. The van der Waals surface area contributed by atoms with Gasteiger partial charge in [0.05, 0.1) is 64.4 Å². The molecule has 1 aromatic rings. The maximum absolute atomic E-state index is 12.7. The van der Waals surface area contributed by atoms with Gasteiger partial charge < -0.3 is 19.3 Å². The molecule has 0 saturated carbocycles. The molecule has 27 heavy (non-hydrogen) atoms. The van der Waals surface area contributed by atoms with E-state index in [4.69, 9.17) is 14.2 Å². The zero-order valence-corrected chi connectivity index (χ0v) is 15.0. The van der Waals surface area contributed by atoms with Crippen molar-refractivity contribution in [2.45, 2.75) is 37.9 Å². The maximum Gasteiger partial charge on any atom is 0.336 e. The minimum Gasteiger partial charge on any atom is -0.390 e. The Labute approximate surface area is 154 Å². The van der Waals surface area contributed by atoms with Crippen molar-refractivity contribution in [1.82, 2.24) is 18.6 Å². The molecule has 3 saturated heterocycles. The molecule has 1 aromatic heterocycles. The van der Waals surface area contributed by atoms with Gasteiger partial charge in [-0.2, -0.15) is 0 Å². The van der Waals surface area contributed by atoms with Crippen LogP contribution in [-0.2, 0) is 33.8 Å². The molecule has 0 radical (unpaired) electrons. The van der Waals surface area contributed by atoms with E-state index in [0.717, 1.165) is 13.7 Å². The van der Waals surface area contributed by atoms with Crippen molar-refractivity contribution in [3.05, 3.63) is 31.5 Å². The zero-order chi connectivity index (χ0) is 19.0. The van der Waals surface area contributed by atoms with Gasteiger partial charge in [-0.05, 0) is 0 Å². The van der Waals surface area contributed by atoms with Gasteiger partial charge in [-0.3, -0.25) is 4.90 Å². The second-order valence-corrected chi connectivity index (χ2v) is 7.16. The molecule has 0 spiro atoms. The molecule has 0 aromatic carbocycles. The van der Waals surface area contributed by atoms with E-state index in [9.17, 15) is 19.5 Å². The predicted octanol–water partition coefficient (Wildman–Crippen LogP) is -3.34. The summed E-state index contributed by atoms with van der Waals surface area (Å²) < 4.78 is 18.5. The molecule has 3 aliphatic heterocycles. The van der Waals surface area contributed by atoms with E-state index in [-0.39, 0.29) is 31.8 Å². The lowest BCUT2D eigenvalue weighted by Gasteiger charge is -2.28. The molecule has 11 heteroatoms. The molecule has 0 bridgehead atoms. The molecular weight excluding hydrogens is 360 g/mol. The predicted molar refractivity (Wildman–Crippen MR) is 92.0 cm³/mol. The van der Waals surface area contributed by atoms with Gasteiger partial charge in [-0.25, -0.2) is 28.1 Å². The molecule has 3 unspecified atom stereocenters. The van der Waals surface area contributed by atoms with Crippen LogP contribution < -0.4 is 17.1 Å². The van der Waals surface area contributed by atoms with Crippen LogP contribution in [0, 0.1) is 0 Å². The number of hydrogen-bond donors (Lipinski definition) is 1. The van der Waals surface area contributed by atoms with Gasteiger partial charge in [0.1, 0.15) is 0 Å². The van der Waals surface area contributed by atoms with Gasteiger partial charge in [0.25, 0.3) is 0 Å². The summed E-state index contributed by atoms with van der Waals surface area (Å²) in [7, 11) is 0. The van der Waals surface area contributed by atoms with Crippen molar-refractivity contribution in [2.24, 2.45) is 0 Å². The fraction of sp³-hybridized carbons (Fsp3) is 0.812. The van der Waals surface area contributed by atoms with Crippen LogP contribution in [0.3, 0.4) is 0 Å². The number of hydrogen-bond acceptors (Lipinski definition) is 8. The van der Waals surface area contributed by atoms with Gasteiger partial charge in [0.2, 0.25) is 0 Å². The van der Waals surface area contributed by atoms with Crippen molar-refractivity contribution < 1.29 is 19.3 Å². The number of morpholine rings is 1. The Balaban J connectivity index is 1.60. The lowest BCUT2D eigenvalue weighted by molar-refractivity contribution is 0.0107. The monoisotopic (exact) mass is 384 g/mol. The second-order valence-electron chi connectivity index (χ2n) is 7.16. The van der Waals surface area contributed by atoms with Crippen LogP contribution in [0.2, 0.25) is 0 Å². The smallest absolute Gasteiger partial charge is 0.336 e. The third kappa shape index (κ3) is 4.38. The van der Waals surface area contributed by atoms with Gasteiger partial charge in [0, 0.05) is 19.6 Å². The van der Waals surface area contributed by atoms with Crippen molar-refractivity contribution in [3.8, 4) is 0 Å². The topological polar surface area (TPSA) is 124 Å². The highest BCUT2D eigenvalue weighted by Crippen LogP contribution is 2.10. The number of nitrogens with zero attached hydrogens (tertiary/aromatic N) is 4. The Kier molecular flexibility index (Phi) is 5.28. The average molecular weight is 384 g/mol. The van der Waals surface area contributed by atoms with Gasteiger partial charge in [0.15, 0.2) is 0 Å². The van der Waals surface area contributed by atoms with Crippen LogP contribution in [0.4, 0.5) is 0 Å². The van der Waals surface area contributed by atoms with Crippen LogP contribution >= 0.6 is 0 Å². The normalized spacial score (nSPS) is 26.1. The molecule has 0 aliphatic carbocycles. The van der Waals surface area contributed by atoms with Crippen molar-refractivity contribution >= 4 is 0 Å². The molecule has 4 rings (SSSR count). The Morgan fingerprint density at radius 2 is 1.33 bits per heavy atom. The summed E-state index contributed by atoms with van der Waals surface area (Å²) in [5.41, 5.74) is -2.08. The van der Waals surface area contributed by atoms with E-state index in [1.807, 2.05) is 4.90 Å². The fourth-order valence-electron chi connectivity index (χ4n) is 3.26. The van der Waals surface area contributed by atoms with E-state index >= 15 is 0 Å². The Hall–Kier alpha value is -1.79. The third-order valence-electron chi connectivity index (χ3n) is 4.93. The molecule has 11 nitrogen and oxygen atoms in total. The average Bonchev–Trinajstić information content (AvgIpc) is 3.56. The van der Waals surface area contributed by atoms with E-state index in [1.54, 1.807) is 0 Å². The Morgan fingerprint density at radius 3 is 1.81 bits per heavy atom. The second kappa shape index (κ2) is 7.68. The summed E-state index contributed by atoms with van der Waals surface area (Å²) in [6, 6.07) is 0. The van der Waals surface area contributed by atoms with Gasteiger partial charge >= 0.3 is 17.1 Å². The zero-order valence-electron chi connectivity index (χ0n) is 15.0. The largest absolute Gasteiger partial charge is 0.390 e. The van der Waals surface area contributed by atoms with Crippen LogP contribution in [0.1, 0.15) is 0 Å². The number of aliphatic hydroxyl groups is 1. The minimum absolute atomic E-state index is 0.100. The fourth-order valence-corrected chi connectivity index (χ4v) is 3.26. The number of rotatable bonds is 8. The summed E-state index contributed by atoms with van der Waals surface area (Å²) in [4.78, 5) is 40.1. The molecule has 3 fully saturated rings. The molecule has 4 heterocycles. The first-order valence-corrected chi connectivity index (χ1v) is 9.19. The lowest BCUT2D eigenvalue weighted by atomic mass is 10.3. The van der Waals surface area contributed by atoms with Crippen LogP contribution in [0.25, 0.3) is 0 Å². The highest BCUT2D eigenvalue weighted by molar-refractivity contribution is 4.85. The van der Waals surface area contributed by atoms with E-state index in [2.05, 4.69) is 0 Å². The SMILES string of the molecule is O=c1n(CC(O)CN2CCOCC2)c(=O)n(CC2CO2)c(=O)n1CC1CO1. The number of ether oxygens (including phenoxy) is 3. The van der Waals surface area contributed by atoms with E-state index in [1.165, 1.54) is 0 Å². The summed E-state index contributed by atoms with van der Waals surface area (Å²) in [6.07, 6.45) is -1.29. The quantitative estimate of drug-likeness (QED) is 0.462. The summed E-state index contributed by atoms with van der Waals surface area (Å²) in [5, 5.41) is 10.4. The Morgan fingerprint density at radius 1 is 0.852 bits per heavy atom. The van der Waals surface area contributed by atoms with Crippen molar-refractivity contribution in [2.75, 3.05) is 46.1 Å². The number of aliphatic hydroxyl groups excluding tert-OH is 1. The summed E-state index contributed by atoms with van der Waals surface area (Å²) in [6.45, 7) is 3.87. The highest BCUT2D eigenvalue weighted by Gasteiger charge is 2.30. The Bertz CT molecular complexity index is 794. The molecular formula is C16H24N4O7. The van der Waals surface area contributed by atoms with Crippen LogP contribution in [0.5, 0.6) is 0 Å². The summed E-state index contributed by atoms with van der Waals surface area (Å²) in [5.74, 6) is 0. The first-order chi connectivity index (χ1) is 13.0. The number of β-amino-alcohol motifs (C(OH)–C–C–N with tert-alkyl or cyclic N) is 1. The van der Waals surface area contributed by atoms with Gasteiger partial charge in [-0.1, -0.05) is 0 Å². The maximum atomic E-state index is 12.7. The summed E-state index contributed by atoms with van der Waals surface area (Å²) >= 11 is 0.